The number of ether oxygens (including phenoxy) is 1. The van der Waals surface area contributed by atoms with E-state index < -0.39 is 12.8 Å². The number of hydrogen-bond donors (Lipinski definition) is 1. The number of nitriles is 1. The minimum Gasteiger partial charge on any atom is -0.382 e. The van der Waals surface area contributed by atoms with Crippen LogP contribution in [0.1, 0.15) is 5.56 Å². The van der Waals surface area contributed by atoms with Gasteiger partial charge in [-0.25, -0.2) is 0 Å². The first-order valence-corrected chi connectivity index (χ1v) is 5.38. The molecule has 0 amide bonds. The van der Waals surface area contributed by atoms with Crippen LogP contribution in [0.25, 0.3) is 0 Å². The fourth-order valence-corrected chi connectivity index (χ4v) is 1.42. The van der Waals surface area contributed by atoms with Crippen molar-refractivity contribution in [3.05, 3.63) is 28.8 Å². The highest BCUT2D eigenvalue weighted by atomic mass is 35.5. The van der Waals surface area contributed by atoms with E-state index in [-0.39, 0.29) is 13.2 Å². The molecule has 98 valence electrons. The molecule has 0 aliphatic heterocycles. The Morgan fingerprint density at radius 3 is 2.67 bits per heavy atom. The highest BCUT2D eigenvalue weighted by Crippen LogP contribution is 2.22. The molecule has 1 rings (SSSR count). The molecule has 0 heterocycles. The Balaban J connectivity index is 2.34. The van der Waals surface area contributed by atoms with Gasteiger partial charge < -0.3 is 10.1 Å². The van der Waals surface area contributed by atoms with Crippen LogP contribution in [0.2, 0.25) is 5.02 Å². The summed E-state index contributed by atoms with van der Waals surface area (Å²) in [5.74, 6) is 0. The third-order valence-electron chi connectivity index (χ3n) is 1.93. The molecule has 0 saturated carbocycles. The van der Waals surface area contributed by atoms with Gasteiger partial charge in [0.2, 0.25) is 0 Å². The van der Waals surface area contributed by atoms with Crippen molar-refractivity contribution in [3.8, 4) is 6.07 Å². The number of rotatable bonds is 5. The van der Waals surface area contributed by atoms with Gasteiger partial charge in [-0.2, -0.15) is 18.4 Å². The van der Waals surface area contributed by atoms with Crippen molar-refractivity contribution in [1.82, 2.24) is 0 Å². The lowest BCUT2D eigenvalue weighted by Crippen LogP contribution is -2.20. The molecule has 0 fully saturated rings. The number of anilines is 1. The van der Waals surface area contributed by atoms with Gasteiger partial charge in [0, 0.05) is 6.54 Å². The molecule has 18 heavy (non-hydrogen) atoms. The molecule has 7 heteroatoms. The van der Waals surface area contributed by atoms with Gasteiger partial charge >= 0.3 is 6.18 Å². The minimum atomic E-state index is -4.31. The van der Waals surface area contributed by atoms with Crippen molar-refractivity contribution >= 4 is 17.3 Å². The minimum absolute atomic E-state index is 0.0875. The Morgan fingerprint density at radius 1 is 1.39 bits per heavy atom. The van der Waals surface area contributed by atoms with Gasteiger partial charge in [-0.1, -0.05) is 11.6 Å². The Hall–Kier alpha value is -1.45. The van der Waals surface area contributed by atoms with Crippen molar-refractivity contribution in [1.29, 1.82) is 5.26 Å². The second-order valence-electron chi connectivity index (χ2n) is 3.40. The van der Waals surface area contributed by atoms with Crippen LogP contribution in [0.4, 0.5) is 18.9 Å². The quantitative estimate of drug-likeness (QED) is 0.841. The first-order valence-electron chi connectivity index (χ1n) is 5.00. The number of nitrogens with zero attached hydrogens (tertiary/aromatic N) is 1. The van der Waals surface area contributed by atoms with Crippen LogP contribution in [-0.2, 0) is 4.74 Å². The first kappa shape index (κ1) is 14.6. The first-order chi connectivity index (χ1) is 8.42. The predicted octanol–water partition coefficient (Wildman–Crippen LogP) is 3.20. The van der Waals surface area contributed by atoms with Crippen LogP contribution in [0, 0.1) is 11.3 Å². The Morgan fingerprint density at radius 2 is 2.11 bits per heavy atom. The van der Waals surface area contributed by atoms with Crippen molar-refractivity contribution in [2.24, 2.45) is 0 Å². The van der Waals surface area contributed by atoms with Gasteiger partial charge in [0.15, 0.2) is 0 Å². The Kier molecular flexibility index (Phi) is 5.25. The zero-order valence-electron chi connectivity index (χ0n) is 9.22. The summed E-state index contributed by atoms with van der Waals surface area (Å²) in [6.07, 6.45) is -4.31. The maximum absolute atomic E-state index is 11.8. The van der Waals surface area contributed by atoms with Crippen LogP contribution in [0.5, 0.6) is 0 Å². The van der Waals surface area contributed by atoms with Gasteiger partial charge in [-0.15, -0.1) is 0 Å². The summed E-state index contributed by atoms with van der Waals surface area (Å²) in [5.41, 5.74) is 0.963. The molecule has 0 aromatic heterocycles. The van der Waals surface area contributed by atoms with E-state index in [1.165, 1.54) is 6.07 Å². The monoisotopic (exact) mass is 278 g/mol. The molecule has 1 aromatic carbocycles. The van der Waals surface area contributed by atoms with Crippen molar-refractivity contribution in [2.75, 3.05) is 25.1 Å². The molecule has 0 unspecified atom stereocenters. The molecular formula is C11H10ClF3N2O. The summed E-state index contributed by atoms with van der Waals surface area (Å²) in [6, 6.07) is 6.55. The standard InChI is InChI=1S/C11H10ClF3N2O/c12-9-5-8(6-16)1-2-10(9)17-3-4-18-7-11(13,14)15/h1-2,5,17H,3-4,7H2. The molecule has 1 aromatic rings. The van der Waals surface area contributed by atoms with E-state index in [2.05, 4.69) is 10.1 Å². The fourth-order valence-electron chi connectivity index (χ4n) is 1.17. The Labute approximate surface area is 107 Å². The summed E-state index contributed by atoms with van der Waals surface area (Å²) < 4.78 is 39.7. The highest BCUT2D eigenvalue weighted by molar-refractivity contribution is 6.33. The molecule has 0 bridgehead atoms. The molecule has 1 N–H and O–H groups in total. The second-order valence-corrected chi connectivity index (χ2v) is 3.81. The lowest BCUT2D eigenvalue weighted by Gasteiger charge is -2.10. The van der Waals surface area contributed by atoms with E-state index in [0.717, 1.165) is 0 Å². The van der Waals surface area contributed by atoms with Crippen LogP contribution in [-0.4, -0.2) is 25.9 Å². The summed E-state index contributed by atoms with van der Waals surface area (Å²) in [6.45, 7) is -1.16. The summed E-state index contributed by atoms with van der Waals surface area (Å²) in [5, 5.41) is 11.8. The van der Waals surface area contributed by atoms with E-state index in [1.54, 1.807) is 12.1 Å². The summed E-state index contributed by atoms with van der Waals surface area (Å²) in [7, 11) is 0. The summed E-state index contributed by atoms with van der Waals surface area (Å²) >= 11 is 5.86. The third-order valence-corrected chi connectivity index (χ3v) is 2.24. The lowest BCUT2D eigenvalue weighted by atomic mass is 10.2. The molecule has 0 aliphatic rings. The van der Waals surface area contributed by atoms with E-state index in [4.69, 9.17) is 16.9 Å². The van der Waals surface area contributed by atoms with E-state index >= 15 is 0 Å². The molecule has 3 nitrogen and oxygen atoms in total. The Bertz CT molecular complexity index is 443. The topological polar surface area (TPSA) is 45.0 Å². The van der Waals surface area contributed by atoms with Gasteiger partial charge in [-0.05, 0) is 18.2 Å². The lowest BCUT2D eigenvalue weighted by molar-refractivity contribution is -0.172. The largest absolute Gasteiger partial charge is 0.411 e. The molecule has 0 spiro atoms. The smallest absolute Gasteiger partial charge is 0.382 e. The predicted molar refractivity (Wildman–Crippen MR) is 61.5 cm³/mol. The van der Waals surface area contributed by atoms with E-state index in [0.29, 0.717) is 16.3 Å². The molecule has 0 aliphatic carbocycles. The maximum atomic E-state index is 11.8. The van der Waals surface area contributed by atoms with Crippen LogP contribution < -0.4 is 5.32 Å². The van der Waals surface area contributed by atoms with Gasteiger partial charge in [0.1, 0.15) is 6.61 Å². The van der Waals surface area contributed by atoms with Crippen molar-refractivity contribution in [3.63, 3.8) is 0 Å². The zero-order chi connectivity index (χ0) is 13.6. The van der Waals surface area contributed by atoms with Crippen LogP contribution in [0.3, 0.4) is 0 Å². The molecular weight excluding hydrogens is 269 g/mol. The molecule has 0 atom stereocenters. The number of halogens is 4. The molecule has 0 saturated heterocycles. The van der Waals surface area contributed by atoms with Crippen molar-refractivity contribution in [2.45, 2.75) is 6.18 Å². The second kappa shape index (κ2) is 6.47. The van der Waals surface area contributed by atoms with Crippen molar-refractivity contribution < 1.29 is 17.9 Å². The SMILES string of the molecule is N#Cc1ccc(NCCOCC(F)(F)F)c(Cl)c1. The van der Waals surface area contributed by atoms with Crippen LogP contribution in [0.15, 0.2) is 18.2 Å². The fraction of sp³-hybridized carbons (Fsp3) is 0.364. The van der Waals surface area contributed by atoms with Crippen LogP contribution >= 0.6 is 11.6 Å². The average molecular weight is 279 g/mol. The highest BCUT2D eigenvalue weighted by Gasteiger charge is 2.27. The molecule has 0 radical (unpaired) electrons. The number of alkyl halides is 3. The number of hydrogen-bond acceptors (Lipinski definition) is 3. The van der Waals surface area contributed by atoms with Gasteiger partial charge in [0.25, 0.3) is 0 Å². The van der Waals surface area contributed by atoms with Gasteiger partial charge in [0.05, 0.1) is 28.9 Å². The van der Waals surface area contributed by atoms with E-state index in [1.807, 2.05) is 6.07 Å². The maximum Gasteiger partial charge on any atom is 0.411 e. The van der Waals surface area contributed by atoms with Gasteiger partial charge in [-0.3, -0.25) is 0 Å². The summed E-state index contributed by atoms with van der Waals surface area (Å²) in [4.78, 5) is 0. The van der Waals surface area contributed by atoms with E-state index in [9.17, 15) is 13.2 Å². The normalized spacial score (nSPS) is 11.1. The third kappa shape index (κ3) is 5.25. The number of nitrogens with one attached hydrogen (secondary N) is 1. The average Bonchev–Trinajstić information content (AvgIpc) is 2.29. The zero-order valence-corrected chi connectivity index (χ0v) is 9.98. The number of benzene rings is 1.